The van der Waals surface area contributed by atoms with Gasteiger partial charge in [0.15, 0.2) is 0 Å². The summed E-state index contributed by atoms with van der Waals surface area (Å²) >= 11 is 1.47. The van der Waals surface area contributed by atoms with Gasteiger partial charge in [-0.1, -0.05) is 13.3 Å². The Morgan fingerprint density at radius 1 is 1.32 bits per heavy atom. The first kappa shape index (κ1) is 16.5. The van der Waals surface area contributed by atoms with Gasteiger partial charge in [-0.2, -0.15) is 0 Å². The average molecular weight is 318 g/mol. The van der Waals surface area contributed by atoms with E-state index in [9.17, 15) is 4.79 Å². The molecule has 0 atom stereocenters. The van der Waals surface area contributed by atoms with Crippen LogP contribution in [0.2, 0.25) is 0 Å². The monoisotopic (exact) mass is 318 g/mol. The first-order valence-corrected chi connectivity index (χ1v) is 8.25. The maximum absolute atomic E-state index is 12.3. The quantitative estimate of drug-likeness (QED) is 0.871. The summed E-state index contributed by atoms with van der Waals surface area (Å²) in [4.78, 5) is 16.7. The van der Waals surface area contributed by atoms with E-state index in [0.717, 1.165) is 29.2 Å². The Hall–Kier alpha value is -1.88. The van der Waals surface area contributed by atoms with E-state index >= 15 is 0 Å². The zero-order chi connectivity index (χ0) is 16.2. The van der Waals surface area contributed by atoms with Gasteiger partial charge in [-0.15, -0.1) is 11.3 Å². The standard InChI is InChI=1S/C17H22N2O2S/c1-5-10-17(2,3)19-15(20)14-11-22-16(18-14)12-6-8-13(21-4)9-7-12/h6-9,11H,5,10H2,1-4H3,(H,19,20). The summed E-state index contributed by atoms with van der Waals surface area (Å²) in [5, 5.41) is 5.68. The predicted molar refractivity (Wildman–Crippen MR) is 90.6 cm³/mol. The molecule has 1 aromatic heterocycles. The summed E-state index contributed by atoms with van der Waals surface area (Å²) in [6.45, 7) is 6.18. The molecule has 0 bridgehead atoms. The van der Waals surface area contributed by atoms with E-state index in [0.29, 0.717) is 5.69 Å². The Labute approximate surface area is 135 Å². The van der Waals surface area contributed by atoms with Crippen LogP contribution in [0.25, 0.3) is 10.6 Å². The van der Waals surface area contributed by atoms with Crippen molar-refractivity contribution >= 4 is 17.2 Å². The average Bonchev–Trinajstić information content (AvgIpc) is 2.96. The molecule has 0 unspecified atom stereocenters. The normalized spacial score (nSPS) is 11.3. The number of methoxy groups -OCH3 is 1. The number of nitrogens with one attached hydrogen (secondary N) is 1. The molecular formula is C17H22N2O2S. The highest BCUT2D eigenvalue weighted by atomic mass is 32.1. The number of hydrogen-bond acceptors (Lipinski definition) is 4. The highest BCUT2D eigenvalue weighted by molar-refractivity contribution is 7.13. The lowest BCUT2D eigenvalue weighted by molar-refractivity contribution is 0.0904. The van der Waals surface area contributed by atoms with Crippen molar-refractivity contribution in [3.63, 3.8) is 0 Å². The van der Waals surface area contributed by atoms with Gasteiger partial charge in [-0.3, -0.25) is 4.79 Å². The molecule has 0 spiro atoms. The van der Waals surface area contributed by atoms with E-state index in [1.807, 2.05) is 38.1 Å². The molecule has 5 heteroatoms. The van der Waals surface area contributed by atoms with E-state index in [2.05, 4.69) is 17.2 Å². The fraction of sp³-hybridized carbons (Fsp3) is 0.412. The second-order valence-electron chi connectivity index (χ2n) is 5.85. The van der Waals surface area contributed by atoms with Crippen molar-refractivity contribution in [2.24, 2.45) is 0 Å². The Bertz CT molecular complexity index is 632. The molecule has 1 amide bonds. The summed E-state index contributed by atoms with van der Waals surface area (Å²) in [5.41, 5.74) is 1.24. The van der Waals surface area contributed by atoms with Crippen LogP contribution in [0.3, 0.4) is 0 Å². The van der Waals surface area contributed by atoms with Crippen LogP contribution in [0.15, 0.2) is 29.6 Å². The largest absolute Gasteiger partial charge is 0.497 e. The molecule has 4 nitrogen and oxygen atoms in total. The topological polar surface area (TPSA) is 51.2 Å². The summed E-state index contributed by atoms with van der Waals surface area (Å²) in [5.74, 6) is 0.689. The minimum absolute atomic E-state index is 0.116. The molecule has 0 aliphatic carbocycles. The third-order valence-corrected chi connectivity index (χ3v) is 4.29. The van der Waals surface area contributed by atoms with Gasteiger partial charge >= 0.3 is 0 Å². The van der Waals surface area contributed by atoms with Crippen LogP contribution in [0.1, 0.15) is 44.1 Å². The highest BCUT2D eigenvalue weighted by Crippen LogP contribution is 2.26. The maximum atomic E-state index is 12.3. The Balaban J connectivity index is 2.11. The summed E-state index contributed by atoms with van der Waals surface area (Å²) in [7, 11) is 1.64. The molecule has 0 saturated heterocycles. The van der Waals surface area contributed by atoms with Crippen LogP contribution < -0.4 is 10.1 Å². The van der Waals surface area contributed by atoms with Gasteiger partial charge in [0.05, 0.1) is 7.11 Å². The minimum Gasteiger partial charge on any atom is -0.497 e. The van der Waals surface area contributed by atoms with Crippen molar-refractivity contribution in [3.8, 4) is 16.3 Å². The van der Waals surface area contributed by atoms with Gasteiger partial charge in [0, 0.05) is 16.5 Å². The van der Waals surface area contributed by atoms with Crippen LogP contribution in [-0.2, 0) is 0 Å². The lowest BCUT2D eigenvalue weighted by atomic mass is 9.99. The van der Waals surface area contributed by atoms with Crippen LogP contribution in [0.5, 0.6) is 5.75 Å². The summed E-state index contributed by atoms with van der Waals surface area (Å²) in [6, 6.07) is 7.67. The molecule has 0 saturated carbocycles. The lowest BCUT2D eigenvalue weighted by Gasteiger charge is -2.25. The first-order valence-electron chi connectivity index (χ1n) is 7.37. The van der Waals surface area contributed by atoms with Crippen LogP contribution in [0, 0.1) is 0 Å². The van der Waals surface area contributed by atoms with Gasteiger partial charge in [0.25, 0.3) is 5.91 Å². The van der Waals surface area contributed by atoms with Crippen molar-refractivity contribution in [3.05, 3.63) is 35.3 Å². The van der Waals surface area contributed by atoms with E-state index in [4.69, 9.17) is 4.74 Å². The molecule has 22 heavy (non-hydrogen) atoms. The van der Waals surface area contributed by atoms with Crippen molar-refractivity contribution in [1.29, 1.82) is 0 Å². The number of carbonyl (C=O) groups excluding carboxylic acids is 1. The molecular weight excluding hydrogens is 296 g/mol. The molecule has 1 N–H and O–H groups in total. The number of ether oxygens (including phenoxy) is 1. The third kappa shape index (κ3) is 4.07. The smallest absolute Gasteiger partial charge is 0.271 e. The number of thiazole rings is 1. The molecule has 118 valence electrons. The maximum Gasteiger partial charge on any atom is 0.271 e. The molecule has 0 radical (unpaired) electrons. The van der Waals surface area contributed by atoms with Crippen molar-refractivity contribution in [1.82, 2.24) is 10.3 Å². The fourth-order valence-electron chi connectivity index (χ4n) is 2.30. The van der Waals surface area contributed by atoms with Gasteiger partial charge in [0.2, 0.25) is 0 Å². The zero-order valence-electron chi connectivity index (χ0n) is 13.5. The number of nitrogens with zero attached hydrogens (tertiary/aromatic N) is 1. The number of carbonyl (C=O) groups is 1. The van der Waals surface area contributed by atoms with Gasteiger partial charge in [0.1, 0.15) is 16.5 Å². The molecule has 1 heterocycles. The van der Waals surface area contributed by atoms with Crippen LogP contribution >= 0.6 is 11.3 Å². The van der Waals surface area contributed by atoms with Crippen LogP contribution in [-0.4, -0.2) is 23.5 Å². The molecule has 2 rings (SSSR count). The third-order valence-electron chi connectivity index (χ3n) is 3.40. The fourth-order valence-corrected chi connectivity index (χ4v) is 3.11. The molecule has 2 aromatic rings. The second-order valence-corrected chi connectivity index (χ2v) is 6.71. The van der Waals surface area contributed by atoms with E-state index in [-0.39, 0.29) is 11.4 Å². The number of benzene rings is 1. The molecule has 0 aliphatic heterocycles. The Morgan fingerprint density at radius 2 is 2.00 bits per heavy atom. The zero-order valence-corrected chi connectivity index (χ0v) is 14.3. The summed E-state index contributed by atoms with van der Waals surface area (Å²) in [6.07, 6.45) is 1.97. The SMILES string of the molecule is CCCC(C)(C)NC(=O)c1csc(-c2ccc(OC)cc2)n1. The number of amides is 1. The Morgan fingerprint density at radius 3 is 2.59 bits per heavy atom. The van der Waals surface area contributed by atoms with Crippen molar-refractivity contribution in [2.45, 2.75) is 39.2 Å². The van der Waals surface area contributed by atoms with Gasteiger partial charge < -0.3 is 10.1 Å². The number of aromatic nitrogens is 1. The van der Waals surface area contributed by atoms with Gasteiger partial charge in [-0.05, 0) is 44.5 Å². The molecule has 1 aromatic carbocycles. The van der Waals surface area contributed by atoms with Crippen molar-refractivity contribution in [2.75, 3.05) is 7.11 Å². The van der Waals surface area contributed by atoms with E-state index < -0.39 is 0 Å². The first-order chi connectivity index (χ1) is 10.4. The summed E-state index contributed by atoms with van der Waals surface area (Å²) < 4.78 is 5.15. The predicted octanol–water partition coefficient (Wildman–Crippen LogP) is 4.13. The second kappa shape index (κ2) is 6.92. The van der Waals surface area contributed by atoms with Gasteiger partial charge in [-0.25, -0.2) is 4.98 Å². The number of rotatable bonds is 6. The molecule has 0 fully saturated rings. The highest BCUT2D eigenvalue weighted by Gasteiger charge is 2.21. The lowest BCUT2D eigenvalue weighted by Crippen LogP contribution is -2.43. The van der Waals surface area contributed by atoms with Crippen molar-refractivity contribution < 1.29 is 9.53 Å². The molecule has 0 aliphatic rings. The number of hydrogen-bond donors (Lipinski definition) is 1. The minimum atomic E-state index is -0.213. The van der Waals surface area contributed by atoms with E-state index in [1.165, 1.54) is 11.3 Å². The van der Waals surface area contributed by atoms with E-state index in [1.54, 1.807) is 12.5 Å². The van der Waals surface area contributed by atoms with Crippen LogP contribution in [0.4, 0.5) is 0 Å². The Kier molecular flexibility index (Phi) is 5.19.